The van der Waals surface area contributed by atoms with E-state index in [1.807, 2.05) is 19.2 Å². The Kier molecular flexibility index (Phi) is 12.9. The van der Waals surface area contributed by atoms with Crippen molar-refractivity contribution in [3.8, 4) is 11.3 Å². The number of rotatable bonds is 7. The third-order valence-corrected chi connectivity index (χ3v) is 5.07. The second kappa shape index (κ2) is 13.6. The SMILES string of the molecule is CC(=O)/C=C(/C)O.CNCc1ccnc(-c2[c-]c(S(C)(=O)=O)cc(CS(=O)[O-])c2)c1.[Pt]. The standard InChI is InChI=1S/C15H17N2O4S2.C5H8O2.Pt/c1-16-9-11-3-4-17-15(7-11)13-5-12(10-22(18)19)6-14(8-13)23(2,20)21;1-4(6)3-5(2)7;/h3-7,16H,9-10H2,1-2H3,(H,18,19);3,6H,1-2H3;/q-1;;/p-1/b;4-3-;. The summed E-state index contributed by atoms with van der Waals surface area (Å²) in [4.78, 5) is 14.2. The van der Waals surface area contributed by atoms with Crippen molar-refractivity contribution in [1.82, 2.24) is 10.3 Å². The van der Waals surface area contributed by atoms with Crippen molar-refractivity contribution in [2.75, 3.05) is 13.3 Å². The molecule has 0 aliphatic heterocycles. The van der Waals surface area contributed by atoms with Crippen molar-refractivity contribution in [3.05, 3.63) is 59.5 Å². The number of allylic oxidation sites excluding steroid dienone is 2. The van der Waals surface area contributed by atoms with Crippen molar-refractivity contribution in [1.29, 1.82) is 0 Å². The van der Waals surface area contributed by atoms with Crippen LogP contribution in [0.5, 0.6) is 0 Å². The van der Waals surface area contributed by atoms with Gasteiger partial charge in [0.15, 0.2) is 15.6 Å². The summed E-state index contributed by atoms with van der Waals surface area (Å²) in [5, 5.41) is 11.4. The number of nitrogens with one attached hydrogen (secondary N) is 1. The average Bonchev–Trinajstić information content (AvgIpc) is 2.60. The van der Waals surface area contributed by atoms with Gasteiger partial charge in [0.1, 0.15) is 0 Å². The van der Waals surface area contributed by atoms with Crippen LogP contribution in [0.3, 0.4) is 0 Å². The molecule has 0 aliphatic carbocycles. The van der Waals surface area contributed by atoms with Crippen molar-refractivity contribution in [2.24, 2.45) is 0 Å². The van der Waals surface area contributed by atoms with Crippen molar-refractivity contribution >= 4 is 26.7 Å². The Labute approximate surface area is 199 Å². The number of aromatic nitrogens is 1. The first kappa shape index (κ1) is 29.3. The maximum Gasteiger partial charge on any atom is 0.158 e. The third kappa shape index (κ3) is 11.5. The Morgan fingerprint density at radius 2 is 1.94 bits per heavy atom. The van der Waals surface area contributed by atoms with Crippen LogP contribution in [-0.4, -0.2) is 46.4 Å². The zero-order valence-corrected chi connectivity index (χ0v) is 21.4. The number of carbonyl (C=O) groups is 1. The van der Waals surface area contributed by atoms with Gasteiger partial charge in [-0.3, -0.25) is 9.00 Å². The molecule has 1 heterocycles. The summed E-state index contributed by atoms with van der Waals surface area (Å²) in [6.45, 7) is 3.49. The van der Waals surface area contributed by atoms with E-state index in [-0.39, 0.29) is 43.3 Å². The molecule has 1 aromatic carbocycles. The summed E-state index contributed by atoms with van der Waals surface area (Å²) in [5.74, 6) is -0.326. The summed E-state index contributed by atoms with van der Waals surface area (Å²) in [6.07, 6.45) is 3.85. The number of pyridine rings is 1. The minimum absolute atomic E-state index is 0. The van der Waals surface area contributed by atoms with Crippen LogP contribution in [0.25, 0.3) is 11.3 Å². The molecule has 1 unspecified atom stereocenters. The van der Waals surface area contributed by atoms with Crippen LogP contribution >= 0.6 is 0 Å². The van der Waals surface area contributed by atoms with Crippen molar-refractivity contribution in [2.45, 2.75) is 31.0 Å². The van der Waals surface area contributed by atoms with Crippen LogP contribution in [0, 0.1) is 6.07 Å². The molecule has 0 saturated carbocycles. The van der Waals surface area contributed by atoms with Gasteiger partial charge >= 0.3 is 0 Å². The molecule has 8 nitrogen and oxygen atoms in total. The number of hydrogen-bond acceptors (Lipinski definition) is 8. The van der Waals surface area contributed by atoms with Gasteiger partial charge < -0.3 is 20.0 Å². The number of aliphatic hydroxyl groups excluding tert-OH is 1. The van der Waals surface area contributed by atoms with Crippen LogP contribution in [-0.2, 0) is 59.1 Å². The van der Waals surface area contributed by atoms with Crippen LogP contribution in [0.2, 0.25) is 0 Å². The first-order valence-corrected chi connectivity index (χ1v) is 11.9. The quantitative estimate of drug-likeness (QED) is 0.202. The van der Waals surface area contributed by atoms with E-state index in [9.17, 15) is 22.0 Å². The maximum absolute atomic E-state index is 11.8. The summed E-state index contributed by atoms with van der Waals surface area (Å²) < 4.78 is 45.5. The molecule has 0 spiro atoms. The molecule has 0 amide bonds. The number of benzene rings is 1. The monoisotopic (exact) mass is 647 g/mol. The van der Waals surface area contributed by atoms with Crippen LogP contribution in [0.4, 0.5) is 0 Å². The molecule has 174 valence electrons. The van der Waals surface area contributed by atoms with E-state index in [1.54, 1.807) is 12.3 Å². The second-order valence-corrected chi connectivity index (χ2v) is 9.34. The van der Waals surface area contributed by atoms with Gasteiger partial charge in [-0.25, -0.2) is 8.42 Å². The van der Waals surface area contributed by atoms with Gasteiger partial charge in [-0.15, -0.1) is 29.3 Å². The van der Waals surface area contributed by atoms with Gasteiger partial charge in [-0.05, 0) is 43.1 Å². The van der Waals surface area contributed by atoms with Gasteiger partial charge in [0, 0.05) is 51.9 Å². The molecule has 31 heavy (non-hydrogen) atoms. The molecule has 1 atom stereocenters. The number of sulfone groups is 1. The zero-order chi connectivity index (χ0) is 22.9. The summed E-state index contributed by atoms with van der Waals surface area (Å²) in [5.41, 5.74) is 2.35. The molecule has 0 saturated heterocycles. The van der Waals surface area contributed by atoms with Gasteiger partial charge in [-0.2, -0.15) is 0 Å². The van der Waals surface area contributed by atoms with Crippen LogP contribution in [0.15, 0.2) is 47.2 Å². The molecule has 1 aromatic heterocycles. The van der Waals surface area contributed by atoms with E-state index in [0.717, 1.165) is 11.8 Å². The Morgan fingerprint density at radius 3 is 2.39 bits per heavy atom. The molecule has 0 aliphatic rings. The van der Waals surface area contributed by atoms with Crippen molar-refractivity contribution < 1.29 is 48.1 Å². The third-order valence-electron chi connectivity index (χ3n) is 3.48. The molecule has 2 aromatic rings. The Balaban J connectivity index is 0.000000975. The normalized spacial score (nSPS) is 12.2. The predicted octanol–water partition coefficient (Wildman–Crippen LogP) is 2.09. The summed E-state index contributed by atoms with van der Waals surface area (Å²) >= 11 is -2.31. The zero-order valence-electron chi connectivity index (χ0n) is 17.4. The van der Waals surface area contributed by atoms with E-state index in [0.29, 0.717) is 23.4 Å². The molecular formula is C20H24N2O6PtS2-2. The Bertz CT molecular complexity index is 1050. The van der Waals surface area contributed by atoms with E-state index >= 15 is 0 Å². The minimum Gasteiger partial charge on any atom is -0.772 e. The fourth-order valence-corrected chi connectivity index (χ4v) is 3.49. The number of hydrogen-bond donors (Lipinski definition) is 2. The van der Waals surface area contributed by atoms with Crippen molar-refractivity contribution in [3.63, 3.8) is 0 Å². The average molecular weight is 648 g/mol. The topological polar surface area (TPSA) is 136 Å². The second-order valence-electron chi connectivity index (χ2n) is 6.46. The first-order chi connectivity index (χ1) is 13.9. The Hall–Kier alpha value is -1.71. The largest absolute Gasteiger partial charge is 0.772 e. The van der Waals surface area contributed by atoms with Gasteiger partial charge in [0.2, 0.25) is 0 Å². The molecule has 2 N–H and O–H groups in total. The number of ketones is 1. The number of nitrogens with zero attached hydrogens (tertiary/aromatic N) is 1. The maximum atomic E-state index is 11.8. The molecule has 0 bridgehead atoms. The fraction of sp³-hybridized carbons (Fsp3) is 0.300. The minimum atomic E-state index is -3.51. The molecule has 11 heteroatoms. The Morgan fingerprint density at radius 1 is 1.29 bits per heavy atom. The van der Waals surface area contributed by atoms with Gasteiger partial charge in [0.05, 0.1) is 5.76 Å². The molecular weight excluding hydrogens is 623 g/mol. The molecule has 2 rings (SSSR count). The summed E-state index contributed by atoms with van der Waals surface area (Å²) in [7, 11) is -1.69. The number of aliphatic hydroxyl groups is 1. The van der Waals surface area contributed by atoms with E-state index < -0.39 is 20.9 Å². The summed E-state index contributed by atoms with van der Waals surface area (Å²) in [6, 6.07) is 9.38. The van der Waals surface area contributed by atoms with Gasteiger partial charge in [0.25, 0.3) is 0 Å². The van der Waals surface area contributed by atoms with Gasteiger partial charge in [-0.1, -0.05) is 17.1 Å². The van der Waals surface area contributed by atoms with Crippen LogP contribution < -0.4 is 5.32 Å². The fourth-order valence-electron chi connectivity index (χ4n) is 2.39. The smallest absolute Gasteiger partial charge is 0.158 e. The van der Waals surface area contributed by atoms with E-state index in [4.69, 9.17) is 5.11 Å². The van der Waals surface area contributed by atoms with E-state index in [1.165, 1.54) is 26.0 Å². The first-order valence-electron chi connectivity index (χ1n) is 8.72. The molecule has 0 fully saturated rings. The predicted molar refractivity (Wildman–Crippen MR) is 114 cm³/mol. The molecule has 0 radical (unpaired) electrons. The van der Waals surface area contributed by atoms with E-state index in [2.05, 4.69) is 16.4 Å². The number of carbonyl (C=O) groups excluding carboxylic acids is 1. The van der Waals surface area contributed by atoms with Crippen LogP contribution in [0.1, 0.15) is 25.0 Å².